The molecule has 0 fully saturated rings. The van der Waals surface area contributed by atoms with Gasteiger partial charge in [-0.2, -0.15) is 0 Å². The Morgan fingerprint density at radius 1 is 1.42 bits per heavy atom. The Morgan fingerprint density at radius 3 is 2.58 bits per heavy atom. The molecule has 0 N–H and O–H groups in total. The molecule has 0 aliphatic carbocycles. The van der Waals surface area contributed by atoms with Crippen molar-refractivity contribution in [2.75, 3.05) is 0 Å². The van der Waals surface area contributed by atoms with E-state index in [1.807, 2.05) is 6.92 Å². The molecule has 12 heavy (non-hydrogen) atoms. The zero-order chi connectivity index (χ0) is 9.40. The van der Waals surface area contributed by atoms with Crippen LogP contribution < -0.4 is 0 Å². The molecule has 3 heteroatoms. The number of carbonyl (C=O) groups excluding carboxylic acids is 1. The van der Waals surface area contributed by atoms with Crippen molar-refractivity contribution >= 4 is 17.0 Å². The molecule has 0 aliphatic heterocycles. The fourth-order valence-electron chi connectivity index (χ4n) is 1.08. The van der Waals surface area contributed by atoms with Gasteiger partial charge in [-0.1, -0.05) is 26.2 Å². The normalized spacial score (nSPS) is 12.6. The first-order valence-electron chi connectivity index (χ1n) is 4.53. The van der Waals surface area contributed by atoms with Gasteiger partial charge in [0.05, 0.1) is 0 Å². The van der Waals surface area contributed by atoms with E-state index in [1.165, 1.54) is 19.3 Å². The summed E-state index contributed by atoms with van der Waals surface area (Å²) in [5.41, 5.74) is -0.696. The highest BCUT2D eigenvalue weighted by molar-refractivity contribution is 6.61. The van der Waals surface area contributed by atoms with E-state index in [1.54, 1.807) is 0 Å². The van der Waals surface area contributed by atoms with Crippen LogP contribution in [0.1, 0.15) is 46.0 Å². The fourth-order valence-corrected chi connectivity index (χ4v) is 1.23. The Labute approximate surface area is 79.2 Å². The van der Waals surface area contributed by atoms with Crippen LogP contribution in [0.4, 0.5) is 4.79 Å². The van der Waals surface area contributed by atoms with Crippen LogP contribution >= 0.6 is 11.6 Å². The van der Waals surface area contributed by atoms with Crippen molar-refractivity contribution in [2.24, 2.45) is 0 Å². The molecule has 0 rings (SSSR count). The van der Waals surface area contributed by atoms with Gasteiger partial charge in [-0.25, -0.2) is 4.79 Å². The summed E-state index contributed by atoms with van der Waals surface area (Å²) < 4.78 is 4.76. The molecule has 0 radical (unpaired) electrons. The lowest BCUT2D eigenvalue weighted by molar-refractivity contribution is 0.124. The van der Waals surface area contributed by atoms with Crippen LogP contribution in [0.15, 0.2) is 0 Å². The van der Waals surface area contributed by atoms with Crippen molar-refractivity contribution in [3.8, 4) is 0 Å². The van der Waals surface area contributed by atoms with Crippen LogP contribution in [0, 0.1) is 0 Å². The molecule has 1 atom stereocenters. The molecule has 0 aromatic rings. The Bertz CT molecular complexity index is 126. The number of hydrogen-bond acceptors (Lipinski definition) is 2. The summed E-state index contributed by atoms with van der Waals surface area (Å²) in [6.45, 7) is 4.04. The number of hydrogen-bond donors (Lipinski definition) is 0. The van der Waals surface area contributed by atoms with E-state index in [0.717, 1.165) is 12.8 Å². The number of ether oxygens (including phenoxy) is 1. The minimum Gasteiger partial charge on any atom is -0.451 e. The van der Waals surface area contributed by atoms with Gasteiger partial charge in [0.25, 0.3) is 0 Å². The topological polar surface area (TPSA) is 26.3 Å². The van der Waals surface area contributed by atoms with Gasteiger partial charge in [0.1, 0.15) is 6.10 Å². The summed E-state index contributed by atoms with van der Waals surface area (Å²) in [4.78, 5) is 10.3. The number of halogens is 1. The van der Waals surface area contributed by atoms with Crippen molar-refractivity contribution in [2.45, 2.75) is 52.1 Å². The Hall–Kier alpha value is -0.240. The quantitative estimate of drug-likeness (QED) is 0.474. The van der Waals surface area contributed by atoms with Gasteiger partial charge < -0.3 is 4.74 Å². The second-order valence-electron chi connectivity index (χ2n) is 3.02. The third-order valence-corrected chi connectivity index (χ3v) is 1.85. The summed E-state index contributed by atoms with van der Waals surface area (Å²) in [6, 6.07) is 0. The van der Waals surface area contributed by atoms with E-state index in [9.17, 15) is 4.79 Å². The van der Waals surface area contributed by atoms with Crippen molar-refractivity contribution in [1.29, 1.82) is 0 Å². The maximum Gasteiger partial charge on any atom is 0.404 e. The maximum atomic E-state index is 10.3. The highest BCUT2D eigenvalue weighted by atomic mass is 35.5. The molecule has 0 bridgehead atoms. The molecule has 0 aliphatic rings. The average molecular weight is 193 g/mol. The molecule has 72 valence electrons. The zero-order valence-electron chi connectivity index (χ0n) is 7.81. The standard InChI is InChI=1S/C9H17ClO2/c1-3-4-5-6-7-8(2)12-9(10)11/h8H,3-7H2,1-2H3/t8-/m1/s1. The van der Waals surface area contributed by atoms with Crippen LogP contribution in [0.5, 0.6) is 0 Å². The molecular weight excluding hydrogens is 176 g/mol. The fraction of sp³-hybridized carbons (Fsp3) is 0.889. The van der Waals surface area contributed by atoms with Crippen molar-refractivity contribution in [3.05, 3.63) is 0 Å². The average Bonchev–Trinajstić information content (AvgIpc) is 1.97. The van der Waals surface area contributed by atoms with Crippen LogP contribution in [-0.2, 0) is 4.74 Å². The lowest BCUT2D eigenvalue weighted by Gasteiger charge is -2.09. The molecule has 0 amide bonds. The van der Waals surface area contributed by atoms with E-state index in [0.29, 0.717) is 0 Å². The van der Waals surface area contributed by atoms with Gasteiger partial charge in [0.2, 0.25) is 0 Å². The van der Waals surface area contributed by atoms with Crippen LogP contribution in [0.2, 0.25) is 0 Å². The van der Waals surface area contributed by atoms with Gasteiger partial charge >= 0.3 is 5.43 Å². The zero-order valence-corrected chi connectivity index (χ0v) is 8.56. The molecule has 0 aromatic heterocycles. The third-order valence-electron chi connectivity index (χ3n) is 1.76. The Morgan fingerprint density at radius 2 is 2.08 bits per heavy atom. The molecule has 0 unspecified atom stereocenters. The smallest absolute Gasteiger partial charge is 0.404 e. The van der Waals surface area contributed by atoms with Crippen molar-refractivity contribution in [3.63, 3.8) is 0 Å². The summed E-state index contributed by atoms with van der Waals surface area (Å²) in [6.07, 6.45) is 5.68. The highest BCUT2D eigenvalue weighted by Crippen LogP contribution is 2.08. The first kappa shape index (κ1) is 11.8. The summed E-state index contributed by atoms with van der Waals surface area (Å²) >= 11 is 5.05. The van der Waals surface area contributed by atoms with Crippen LogP contribution in [0.3, 0.4) is 0 Å². The predicted octanol–water partition coefficient (Wildman–Crippen LogP) is 3.72. The molecule has 0 saturated heterocycles. The van der Waals surface area contributed by atoms with Crippen molar-refractivity contribution < 1.29 is 9.53 Å². The van der Waals surface area contributed by atoms with Gasteiger partial charge in [0.15, 0.2) is 0 Å². The van der Waals surface area contributed by atoms with Crippen molar-refractivity contribution in [1.82, 2.24) is 0 Å². The molecule has 0 aromatic carbocycles. The number of unbranched alkanes of at least 4 members (excludes halogenated alkanes) is 3. The molecule has 0 spiro atoms. The van der Waals surface area contributed by atoms with E-state index < -0.39 is 5.43 Å². The second-order valence-corrected chi connectivity index (χ2v) is 3.32. The second kappa shape index (κ2) is 7.41. The van der Waals surface area contributed by atoms with Gasteiger partial charge in [0, 0.05) is 11.6 Å². The summed E-state index contributed by atoms with van der Waals surface area (Å²) in [5.74, 6) is 0. The third kappa shape index (κ3) is 7.86. The number of carbonyl (C=O) groups is 1. The lowest BCUT2D eigenvalue weighted by atomic mass is 10.1. The maximum absolute atomic E-state index is 10.3. The first-order chi connectivity index (χ1) is 5.66. The first-order valence-corrected chi connectivity index (χ1v) is 4.90. The van der Waals surface area contributed by atoms with E-state index in [2.05, 4.69) is 6.92 Å². The molecular formula is C9H17ClO2. The molecule has 0 saturated carbocycles. The van der Waals surface area contributed by atoms with E-state index in [4.69, 9.17) is 16.3 Å². The lowest BCUT2D eigenvalue weighted by Crippen LogP contribution is -2.09. The van der Waals surface area contributed by atoms with Gasteiger partial charge in [-0.15, -0.1) is 0 Å². The summed E-state index contributed by atoms with van der Waals surface area (Å²) in [7, 11) is 0. The van der Waals surface area contributed by atoms with Crippen LogP contribution in [0.25, 0.3) is 0 Å². The summed E-state index contributed by atoms with van der Waals surface area (Å²) in [5, 5.41) is 0. The monoisotopic (exact) mass is 192 g/mol. The van der Waals surface area contributed by atoms with Crippen LogP contribution in [-0.4, -0.2) is 11.5 Å². The number of rotatable bonds is 6. The SMILES string of the molecule is CCCCCC[C@@H](C)OC(=O)Cl. The van der Waals surface area contributed by atoms with Gasteiger partial charge in [-0.3, -0.25) is 0 Å². The minimum atomic E-state index is -0.696. The van der Waals surface area contributed by atoms with E-state index in [-0.39, 0.29) is 6.10 Å². The Balaban J connectivity index is 3.19. The highest BCUT2D eigenvalue weighted by Gasteiger charge is 2.05. The molecule has 2 nitrogen and oxygen atoms in total. The van der Waals surface area contributed by atoms with E-state index >= 15 is 0 Å². The molecule has 0 heterocycles. The predicted molar refractivity (Wildman–Crippen MR) is 50.6 cm³/mol. The van der Waals surface area contributed by atoms with Gasteiger partial charge in [-0.05, 0) is 19.8 Å². The Kier molecular flexibility index (Phi) is 7.26. The minimum absolute atomic E-state index is 0.0353. The largest absolute Gasteiger partial charge is 0.451 e.